The minimum absolute atomic E-state index is 0.243. The van der Waals surface area contributed by atoms with E-state index in [-0.39, 0.29) is 5.91 Å². The molecule has 5 heteroatoms. The van der Waals surface area contributed by atoms with Gasteiger partial charge >= 0.3 is 0 Å². The van der Waals surface area contributed by atoms with Gasteiger partial charge in [-0.25, -0.2) is 0 Å². The first-order chi connectivity index (χ1) is 7.46. The van der Waals surface area contributed by atoms with Crippen LogP contribution in [0.3, 0.4) is 0 Å². The van der Waals surface area contributed by atoms with Gasteiger partial charge in [-0.15, -0.1) is 0 Å². The molecular formula is C11H17N3O2. The molecular weight excluding hydrogens is 206 g/mol. The minimum Gasteiger partial charge on any atom is -0.398 e. The smallest absolute Gasteiger partial charge is 0.255 e. The van der Waals surface area contributed by atoms with Gasteiger partial charge in [-0.05, 0) is 19.9 Å². The topological polar surface area (TPSA) is 77.2 Å². The molecule has 0 fully saturated rings. The predicted octanol–water partition coefficient (Wildman–Crippen LogP) is 0.819. The second kappa shape index (κ2) is 4.94. The van der Waals surface area contributed by atoms with Crippen molar-refractivity contribution < 1.29 is 9.53 Å². The van der Waals surface area contributed by atoms with Crippen LogP contribution in [0, 0.1) is 0 Å². The van der Waals surface area contributed by atoms with Crippen LogP contribution in [0.2, 0.25) is 0 Å². The van der Waals surface area contributed by atoms with Crippen molar-refractivity contribution in [3.8, 4) is 0 Å². The molecule has 1 aromatic rings. The first-order valence-electron chi connectivity index (χ1n) is 4.97. The maximum atomic E-state index is 11.9. The third kappa shape index (κ3) is 3.20. The summed E-state index contributed by atoms with van der Waals surface area (Å²) in [5.41, 5.74) is 6.04. The van der Waals surface area contributed by atoms with Crippen LogP contribution in [0.4, 0.5) is 5.69 Å². The van der Waals surface area contributed by atoms with Gasteiger partial charge in [0.1, 0.15) is 0 Å². The van der Waals surface area contributed by atoms with E-state index in [1.165, 1.54) is 6.20 Å². The molecule has 5 nitrogen and oxygen atoms in total. The zero-order valence-corrected chi connectivity index (χ0v) is 9.78. The number of hydrogen-bond acceptors (Lipinski definition) is 4. The predicted molar refractivity (Wildman–Crippen MR) is 62.1 cm³/mol. The molecule has 0 unspecified atom stereocenters. The normalized spacial score (nSPS) is 11.2. The van der Waals surface area contributed by atoms with Crippen molar-refractivity contribution in [2.24, 2.45) is 0 Å². The van der Waals surface area contributed by atoms with E-state index in [0.29, 0.717) is 17.9 Å². The molecule has 16 heavy (non-hydrogen) atoms. The summed E-state index contributed by atoms with van der Waals surface area (Å²) < 4.78 is 5.01. The van der Waals surface area contributed by atoms with Crippen molar-refractivity contribution >= 4 is 11.6 Å². The molecule has 88 valence electrons. The molecule has 1 heterocycles. The Morgan fingerprint density at radius 2 is 2.31 bits per heavy atom. The Labute approximate surface area is 95.0 Å². The molecule has 0 aliphatic heterocycles. The molecule has 1 rings (SSSR count). The zero-order chi connectivity index (χ0) is 12.2. The Balaban J connectivity index is 2.77. The van der Waals surface area contributed by atoms with E-state index < -0.39 is 5.54 Å². The number of pyridine rings is 1. The van der Waals surface area contributed by atoms with E-state index in [4.69, 9.17) is 10.5 Å². The highest BCUT2D eigenvalue weighted by Crippen LogP contribution is 2.11. The highest BCUT2D eigenvalue weighted by molar-refractivity contribution is 5.99. The molecule has 0 bridgehead atoms. The number of ether oxygens (including phenoxy) is 1. The number of hydrogen-bond donors (Lipinski definition) is 2. The van der Waals surface area contributed by atoms with Gasteiger partial charge in [0.2, 0.25) is 0 Å². The monoisotopic (exact) mass is 223 g/mol. The largest absolute Gasteiger partial charge is 0.398 e. The van der Waals surface area contributed by atoms with Crippen molar-refractivity contribution in [2.75, 3.05) is 19.5 Å². The molecule has 0 aliphatic rings. The Morgan fingerprint density at radius 1 is 1.62 bits per heavy atom. The summed E-state index contributed by atoms with van der Waals surface area (Å²) in [6, 6.07) is 1.60. The quantitative estimate of drug-likeness (QED) is 0.792. The first kappa shape index (κ1) is 12.4. The van der Waals surface area contributed by atoms with Gasteiger partial charge in [-0.1, -0.05) is 0 Å². The molecule has 0 spiro atoms. The Hall–Kier alpha value is -1.62. The van der Waals surface area contributed by atoms with Crippen LogP contribution in [0.5, 0.6) is 0 Å². The van der Waals surface area contributed by atoms with Crippen LogP contribution in [0.25, 0.3) is 0 Å². The van der Waals surface area contributed by atoms with Crippen LogP contribution < -0.4 is 11.1 Å². The molecule has 3 N–H and O–H groups in total. The second-order valence-electron chi connectivity index (χ2n) is 4.23. The lowest BCUT2D eigenvalue weighted by Gasteiger charge is -2.25. The third-order valence-corrected chi connectivity index (χ3v) is 2.06. The standard InChI is InChI=1S/C11H17N3O2/c1-11(2,7-16-3)14-10(15)8-6-13-5-4-9(8)12/h4-6H,7H2,1-3H3,(H2,12,13)(H,14,15). The molecule has 0 aromatic carbocycles. The average Bonchev–Trinajstić information content (AvgIpc) is 2.17. The van der Waals surface area contributed by atoms with Gasteiger partial charge < -0.3 is 15.8 Å². The maximum Gasteiger partial charge on any atom is 0.255 e. The number of nitrogens with zero attached hydrogens (tertiary/aromatic N) is 1. The summed E-state index contributed by atoms with van der Waals surface area (Å²) >= 11 is 0. The van der Waals surface area contributed by atoms with Gasteiger partial charge in [0, 0.05) is 25.2 Å². The number of methoxy groups -OCH3 is 1. The molecule has 1 amide bonds. The summed E-state index contributed by atoms with van der Waals surface area (Å²) in [6.07, 6.45) is 3.00. The average molecular weight is 223 g/mol. The summed E-state index contributed by atoms with van der Waals surface area (Å²) in [5.74, 6) is -0.243. The Kier molecular flexibility index (Phi) is 3.84. The summed E-state index contributed by atoms with van der Waals surface area (Å²) in [7, 11) is 1.59. The number of nitrogen functional groups attached to an aromatic ring is 1. The minimum atomic E-state index is -0.436. The van der Waals surface area contributed by atoms with E-state index in [2.05, 4.69) is 10.3 Å². The fourth-order valence-corrected chi connectivity index (χ4v) is 1.37. The lowest BCUT2D eigenvalue weighted by molar-refractivity contribution is 0.0820. The number of aromatic nitrogens is 1. The van der Waals surface area contributed by atoms with E-state index in [9.17, 15) is 4.79 Å². The summed E-state index contributed by atoms with van der Waals surface area (Å²) in [4.78, 5) is 15.7. The molecule has 0 saturated heterocycles. The van der Waals surface area contributed by atoms with Crippen LogP contribution >= 0.6 is 0 Å². The lowest BCUT2D eigenvalue weighted by Crippen LogP contribution is -2.46. The number of nitrogens with one attached hydrogen (secondary N) is 1. The summed E-state index contributed by atoms with van der Waals surface area (Å²) in [5, 5.41) is 2.83. The second-order valence-corrected chi connectivity index (χ2v) is 4.23. The van der Waals surface area contributed by atoms with Gasteiger partial charge in [0.25, 0.3) is 5.91 Å². The number of anilines is 1. The molecule has 0 radical (unpaired) electrons. The van der Waals surface area contributed by atoms with Crippen LogP contribution in [0.15, 0.2) is 18.5 Å². The van der Waals surface area contributed by atoms with Crippen molar-refractivity contribution in [1.29, 1.82) is 0 Å². The molecule has 0 atom stereocenters. The van der Waals surface area contributed by atoms with Crippen molar-refractivity contribution in [3.63, 3.8) is 0 Å². The maximum absolute atomic E-state index is 11.9. The SMILES string of the molecule is COCC(C)(C)NC(=O)c1cnccc1N. The zero-order valence-electron chi connectivity index (χ0n) is 9.78. The third-order valence-electron chi connectivity index (χ3n) is 2.06. The van der Waals surface area contributed by atoms with Crippen LogP contribution in [-0.2, 0) is 4.74 Å². The van der Waals surface area contributed by atoms with Crippen molar-refractivity contribution in [1.82, 2.24) is 10.3 Å². The molecule has 1 aromatic heterocycles. The van der Waals surface area contributed by atoms with E-state index in [1.54, 1.807) is 19.4 Å². The van der Waals surface area contributed by atoms with Crippen molar-refractivity contribution in [3.05, 3.63) is 24.0 Å². The Bertz CT molecular complexity index is 377. The van der Waals surface area contributed by atoms with Gasteiger partial charge in [0.15, 0.2) is 0 Å². The van der Waals surface area contributed by atoms with Crippen molar-refractivity contribution in [2.45, 2.75) is 19.4 Å². The lowest BCUT2D eigenvalue weighted by atomic mass is 10.1. The highest BCUT2D eigenvalue weighted by Gasteiger charge is 2.22. The number of nitrogens with two attached hydrogens (primary N) is 1. The van der Waals surface area contributed by atoms with Gasteiger partial charge in [0.05, 0.1) is 17.7 Å². The van der Waals surface area contributed by atoms with E-state index in [1.807, 2.05) is 13.8 Å². The fraction of sp³-hybridized carbons (Fsp3) is 0.455. The molecule has 0 saturated carbocycles. The van der Waals surface area contributed by atoms with Crippen LogP contribution in [0.1, 0.15) is 24.2 Å². The highest BCUT2D eigenvalue weighted by atomic mass is 16.5. The Morgan fingerprint density at radius 3 is 2.88 bits per heavy atom. The number of carbonyl (C=O) groups is 1. The van der Waals surface area contributed by atoms with Crippen LogP contribution in [-0.4, -0.2) is 30.1 Å². The van der Waals surface area contributed by atoms with E-state index >= 15 is 0 Å². The number of rotatable bonds is 4. The molecule has 0 aliphatic carbocycles. The summed E-state index contributed by atoms with van der Waals surface area (Å²) in [6.45, 7) is 4.18. The number of carbonyl (C=O) groups excluding carboxylic acids is 1. The first-order valence-corrected chi connectivity index (χ1v) is 4.97. The van der Waals surface area contributed by atoms with Gasteiger partial charge in [-0.3, -0.25) is 9.78 Å². The van der Waals surface area contributed by atoms with Gasteiger partial charge in [-0.2, -0.15) is 0 Å². The fourth-order valence-electron chi connectivity index (χ4n) is 1.37. The number of amides is 1. The van der Waals surface area contributed by atoms with E-state index in [0.717, 1.165) is 0 Å².